The third-order valence-electron chi connectivity index (χ3n) is 13.5. The van der Waals surface area contributed by atoms with E-state index >= 15 is 0 Å². The summed E-state index contributed by atoms with van der Waals surface area (Å²) in [6, 6.07) is 66.1. The number of benzene rings is 9. The number of fused-ring (bicyclic) bond motifs is 14. The van der Waals surface area contributed by atoms with Gasteiger partial charge in [0.05, 0.1) is 10.4 Å². The zero-order chi connectivity index (χ0) is 38.9. The Morgan fingerprint density at radius 1 is 0.362 bits per heavy atom. The Hall–Kier alpha value is -6.48. The van der Waals surface area contributed by atoms with Crippen LogP contribution in [0.4, 0.5) is 17.1 Å². The van der Waals surface area contributed by atoms with E-state index in [2.05, 4.69) is 209 Å². The Morgan fingerprint density at radius 2 is 0.828 bits per heavy atom. The van der Waals surface area contributed by atoms with E-state index in [4.69, 9.17) is 0 Å². The largest absolute Gasteiger partial charge is 0.309 e. The summed E-state index contributed by atoms with van der Waals surface area (Å²) in [7, 11) is 0. The average Bonchev–Trinajstić information content (AvgIpc) is 3.86. The molecule has 0 spiro atoms. The second kappa shape index (κ2) is 12.0. The van der Waals surface area contributed by atoms with E-state index in [0.29, 0.717) is 0 Å². The predicted octanol–water partition coefficient (Wildman–Crippen LogP) is 16.1. The lowest BCUT2D eigenvalue weighted by Gasteiger charge is -2.30. The van der Waals surface area contributed by atoms with Crippen molar-refractivity contribution in [2.45, 2.75) is 38.5 Å². The van der Waals surface area contributed by atoms with Crippen LogP contribution in [0.5, 0.6) is 0 Å². The zero-order valence-corrected chi connectivity index (χ0v) is 33.9. The summed E-state index contributed by atoms with van der Waals surface area (Å²) in [5, 5.41) is 7.87. The fraction of sp³-hybridized carbons (Fsp3) is 0.107. The molecule has 276 valence electrons. The van der Waals surface area contributed by atoms with Crippen molar-refractivity contribution in [2.75, 3.05) is 4.90 Å². The van der Waals surface area contributed by atoms with Crippen LogP contribution in [0.1, 0.15) is 49.9 Å². The van der Waals surface area contributed by atoms with Crippen molar-refractivity contribution in [2.24, 2.45) is 0 Å². The van der Waals surface area contributed by atoms with E-state index in [-0.39, 0.29) is 10.8 Å². The predicted molar refractivity (Wildman–Crippen MR) is 250 cm³/mol. The highest BCUT2D eigenvalue weighted by Crippen LogP contribution is 2.56. The molecule has 58 heavy (non-hydrogen) atoms. The second-order valence-corrected chi connectivity index (χ2v) is 18.3. The van der Waals surface area contributed by atoms with E-state index < -0.39 is 0 Å². The molecule has 0 unspecified atom stereocenters. The van der Waals surface area contributed by atoms with Gasteiger partial charge >= 0.3 is 0 Å². The first-order chi connectivity index (χ1) is 28.3. The first-order valence-electron chi connectivity index (χ1n) is 20.4. The van der Waals surface area contributed by atoms with Crippen LogP contribution in [0.2, 0.25) is 0 Å². The van der Waals surface area contributed by atoms with Gasteiger partial charge in [0.25, 0.3) is 0 Å². The normalized spacial score (nSPS) is 14.5. The first kappa shape index (κ1) is 33.6. The molecule has 2 aliphatic carbocycles. The number of hydrogen-bond donors (Lipinski definition) is 0. The average molecular weight is 760 g/mol. The smallest absolute Gasteiger partial charge is 0.0640 e. The van der Waals surface area contributed by atoms with Gasteiger partial charge in [-0.15, -0.1) is 11.3 Å². The molecule has 1 nitrogen and oxygen atoms in total. The van der Waals surface area contributed by atoms with E-state index in [0.717, 1.165) is 0 Å². The highest BCUT2D eigenvalue weighted by Gasteiger charge is 2.38. The molecule has 10 aromatic rings. The lowest BCUT2D eigenvalue weighted by atomic mass is 9.82. The highest BCUT2D eigenvalue weighted by atomic mass is 32.1. The number of anilines is 3. The van der Waals surface area contributed by atoms with Crippen molar-refractivity contribution >= 4 is 70.1 Å². The lowest BCUT2D eigenvalue weighted by Crippen LogP contribution is -2.18. The van der Waals surface area contributed by atoms with Crippen LogP contribution in [-0.4, -0.2) is 0 Å². The molecule has 0 aliphatic heterocycles. The fourth-order valence-corrected chi connectivity index (χ4v) is 12.0. The van der Waals surface area contributed by atoms with Crippen LogP contribution in [0.3, 0.4) is 0 Å². The zero-order valence-electron chi connectivity index (χ0n) is 33.1. The monoisotopic (exact) mass is 759 g/mol. The van der Waals surface area contributed by atoms with Gasteiger partial charge in [0.2, 0.25) is 0 Å². The summed E-state index contributed by atoms with van der Waals surface area (Å²) in [5.41, 5.74) is 16.7. The van der Waals surface area contributed by atoms with Crippen molar-refractivity contribution in [1.29, 1.82) is 0 Å². The third kappa shape index (κ3) is 4.52. The Morgan fingerprint density at radius 3 is 1.43 bits per heavy atom. The number of thiophene rings is 1. The molecular formula is C56H41NS. The molecule has 0 saturated carbocycles. The van der Waals surface area contributed by atoms with Crippen molar-refractivity contribution in [3.63, 3.8) is 0 Å². The van der Waals surface area contributed by atoms with E-state index in [1.54, 1.807) is 0 Å². The van der Waals surface area contributed by atoms with Crippen molar-refractivity contribution in [3.05, 3.63) is 198 Å². The van der Waals surface area contributed by atoms with Gasteiger partial charge in [0, 0.05) is 43.1 Å². The summed E-state index contributed by atoms with van der Waals surface area (Å²) in [6.07, 6.45) is 0. The SMILES string of the molecule is CC1(C)c2ccccc2-c2ccc(N(c3ccc4c(c3)C(C)(C)c3ccccc3-4)c3ccc(-c4ccccc4)c4c3sc3c5ccccc5c5ccccc5c34)cc21. The molecule has 0 fully saturated rings. The molecule has 2 aliphatic rings. The van der Waals surface area contributed by atoms with Crippen molar-refractivity contribution < 1.29 is 0 Å². The van der Waals surface area contributed by atoms with Gasteiger partial charge < -0.3 is 4.90 Å². The Kier molecular flexibility index (Phi) is 6.97. The first-order valence-corrected chi connectivity index (χ1v) is 21.3. The molecule has 0 atom stereocenters. The summed E-state index contributed by atoms with van der Waals surface area (Å²) < 4.78 is 2.63. The van der Waals surface area contributed by atoms with Gasteiger partial charge in [-0.05, 0) is 102 Å². The van der Waals surface area contributed by atoms with Gasteiger partial charge in [-0.25, -0.2) is 0 Å². The lowest BCUT2D eigenvalue weighted by molar-refractivity contribution is 0.660. The minimum atomic E-state index is -0.128. The third-order valence-corrected chi connectivity index (χ3v) is 14.7. The van der Waals surface area contributed by atoms with Crippen LogP contribution in [0.15, 0.2) is 176 Å². The molecule has 9 aromatic carbocycles. The second-order valence-electron chi connectivity index (χ2n) is 17.2. The minimum Gasteiger partial charge on any atom is -0.309 e. The maximum Gasteiger partial charge on any atom is 0.0640 e. The molecule has 0 amide bonds. The summed E-state index contributed by atoms with van der Waals surface area (Å²) in [6.45, 7) is 9.54. The van der Waals surface area contributed by atoms with Gasteiger partial charge in [-0.2, -0.15) is 0 Å². The fourth-order valence-electron chi connectivity index (χ4n) is 10.6. The summed E-state index contributed by atoms with van der Waals surface area (Å²) >= 11 is 1.95. The Bertz CT molecular complexity index is 3240. The molecule has 2 heteroatoms. The molecule has 0 bridgehead atoms. The Labute approximate surface area is 343 Å². The maximum atomic E-state index is 2.57. The van der Waals surface area contributed by atoms with Crippen molar-refractivity contribution in [3.8, 4) is 33.4 Å². The van der Waals surface area contributed by atoms with Crippen LogP contribution >= 0.6 is 11.3 Å². The van der Waals surface area contributed by atoms with Crippen molar-refractivity contribution in [1.82, 2.24) is 0 Å². The van der Waals surface area contributed by atoms with Crippen LogP contribution < -0.4 is 4.90 Å². The van der Waals surface area contributed by atoms with Crippen LogP contribution in [0, 0.1) is 0 Å². The van der Waals surface area contributed by atoms with Crippen LogP contribution in [0.25, 0.3) is 75.1 Å². The van der Waals surface area contributed by atoms with E-state index in [1.165, 1.54) is 114 Å². The molecule has 0 radical (unpaired) electrons. The topological polar surface area (TPSA) is 3.24 Å². The number of rotatable bonds is 4. The Balaban J connectivity index is 1.20. The molecule has 0 N–H and O–H groups in total. The highest BCUT2D eigenvalue weighted by molar-refractivity contribution is 7.27. The van der Waals surface area contributed by atoms with Crippen LogP contribution in [-0.2, 0) is 10.8 Å². The minimum absolute atomic E-state index is 0.128. The van der Waals surface area contributed by atoms with Gasteiger partial charge in [-0.3, -0.25) is 0 Å². The summed E-state index contributed by atoms with van der Waals surface area (Å²) in [5.74, 6) is 0. The number of hydrogen-bond acceptors (Lipinski definition) is 2. The van der Waals surface area contributed by atoms with E-state index in [9.17, 15) is 0 Å². The molecule has 1 heterocycles. The van der Waals surface area contributed by atoms with E-state index in [1.807, 2.05) is 11.3 Å². The standard InChI is InChI=1S/C56H41NS/c1-55(2)46-24-14-12-20-40(46)42-28-26-35(32-48(42)55)57(36-27-29-43-41-21-13-15-25-47(41)56(3,4)49(43)33-36)50-31-30-37(34-16-6-5-7-17-34)51-52-44-22-10-8-18-38(44)39-19-9-11-23-45(39)53(52)58-54(50)51/h5-33H,1-4H3. The number of nitrogens with zero attached hydrogens (tertiary/aromatic N) is 1. The van der Waals surface area contributed by atoms with Gasteiger partial charge in [-0.1, -0.05) is 173 Å². The molecular weight excluding hydrogens is 719 g/mol. The molecule has 12 rings (SSSR count). The summed E-state index contributed by atoms with van der Waals surface area (Å²) in [4.78, 5) is 2.57. The maximum absolute atomic E-state index is 2.57. The van der Waals surface area contributed by atoms with Gasteiger partial charge in [0.1, 0.15) is 0 Å². The molecule has 1 aromatic heterocycles. The molecule has 0 saturated heterocycles. The van der Waals surface area contributed by atoms with Gasteiger partial charge in [0.15, 0.2) is 0 Å². The quantitative estimate of drug-likeness (QED) is 0.162.